The molecule has 22 heavy (non-hydrogen) atoms. The Morgan fingerprint density at radius 1 is 1.27 bits per heavy atom. The number of rotatable bonds is 3. The van der Waals surface area contributed by atoms with E-state index in [4.69, 9.17) is 11.6 Å². The minimum atomic E-state index is -0.0923. The van der Waals surface area contributed by atoms with Crippen molar-refractivity contribution in [1.82, 2.24) is 4.98 Å². The van der Waals surface area contributed by atoms with E-state index in [2.05, 4.69) is 10.3 Å². The lowest BCUT2D eigenvalue weighted by molar-refractivity contribution is -0.125. The Kier molecular flexibility index (Phi) is 4.55. The molecule has 114 valence electrons. The molecule has 1 heterocycles. The summed E-state index contributed by atoms with van der Waals surface area (Å²) in [5.41, 5.74) is 1.61. The summed E-state index contributed by atoms with van der Waals surface area (Å²) in [5, 5.41) is 5.93. The van der Waals surface area contributed by atoms with Crippen LogP contribution in [0.3, 0.4) is 0 Å². The van der Waals surface area contributed by atoms with E-state index in [-0.39, 0.29) is 17.6 Å². The molecule has 0 unspecified atom stereocenters. The van der Waals surface area contributed by atoms with Crippen molar-refractivity contribution in [3.63, 3.8) is 0 Å². The zero-order valence-electron chi connectivity index (χ0n) is 11.8. The number of carbonyl (C=O) groups excluding carboxylic acids is 2. The van der Waals surface area contributed by atoms with Gasteiger partial charge in [-0.05, 0) is 18.9 Å². The molecular weight excluding hydrogens is 320 g/mol. The van der Waals surface area contributed by atoms with Crippen LogP contribution < -0.4 is 5.32 Å². The molecule has 1 fully saturated rings. The first-order valence-corrected chi connectivity index (χ1v) is 8.42. The van der Waals surface area contributed by atoms with E-state index < -0.39 is 0 Å². The van der Waals surface area contributed by atoms with Crippen LogP contribution in [0.15, 0.2) is 29.6 Å². The molecule has 1 aromatic carbocycles. The van der Waals surface area contributed by atoms with Crippen molar-refractivity contribution in [3.05, 3.63) is 34.7 Å². The molecule has 0 saturated heterocycles. The first-order valence-electron chi connectivity index (χ1n) is 7.16. The highest BCUT2D eigenvalue weighted by atomic mass is 35.5. The van der Waals surface area contributed by atoms with Gasteiger partial charge in [0.25, 0.3) is 0 Å². The van der Waals surface area contributed by atoms with E-state index in [1.54, 1.807) is 0 Å². The molecule has 0 aliphatic heterocycles. The summed E-state index contributed by atoms with van der Waals surface area (Å²) >= 11 is 7.53. The van der Waals surface area contributed by atoms with Gasteiger partial charge in [0.2, 0.25) is 5.91 Å². The Labute approximate surface area is 137 Å². The largest absolute Gasteiger partial charge is 0.302 e. The molecule has 1 aliphatic rings. The number of amides is 1. The fourth-order valence-corrected chi connectivity index (χ4v) is 3.48. The smallest absolute Gasteiger partial charge is 0.229 e. The zero-order chi connectivity index (χ0) is 15.5. The lowest BCUT2D eigenvalue weighted by Crippen LogP contribution is -2.27. The number of halogens is 1. The van der Waals surface area contributed by atoms with E-state index in [9.17, 15) is 9.59 Å². The van der Waals surface area contributed by atoms with Crippen molar-refractivity contribution in [2.45, 2.75) is 25.7 Å². The maximum absolute atomic E-state index is 12.2. The normalized spacial score (nSPS) is 15.8. The fourth-order valence-electron chi connectivity index (χ4n) is 2.53. The summed E-state index contributed by atoms with van der Waals surface area (Å²) in [5.74, 6) is 0.109. The van der Waals surface area contributed by atoms with E-state index in [0.717, 1.165) is 11.3 Å². The van der Waals surface area contributed by atoms with Gasteiger partial charge in [0, 0.05) is 34.7 Å². The van der Waals surface area contributed by atoms with Crippen molar-refractivity contribution >= 4 is 39.8 Å². The predicted molar refractivity (Wildman–Crippen MR) is 88.2 cm³/mol. The third-order valence-corrected chi connectivity index (χ3v) is 4.89. The lowest BCUT2D eigenvalue weighted by atomic mass is 9.88. The number of anilines is 1. The third-order valence-electron chi connectivity index (χ3n) is 3.80. The predicted octanol–water partition coefficient (Wildman–Crippen LogP) is 4.16. The second kappa shape index (κ2) is 6.58. The average molecular weight is 335 g/mol. The lowest BCUT2D eigenvalue weighted by Gasteiger charge is -2.19. The van der Waals surface area contributed by atoms with Gasteiger partial charge in [0.1, 0.15) is 5.78 Å². The monoisotopic (exact) mass is 334 g/mol. The molecule has 1 amide bonds. The maximum atomic E-state index is 12.2. The number of nitrogens with one attached hydrogen (secondary N) is 1. The third kappa shape index (κ3) is 3.36. The molecule has 1 saturated carbocycles. The Balaban J connectivity index is 1.68. The van der Waals surface area contributed by atoms with E-state index >= 15 is 0 Å². The van der Waals surface area contributed by atoms with Crippen LogP contribution in [0.1, 0.15) is 25.7 Å². The molecule has 4 nitrogen and oxygen atoms in total. The van der Waals surface area contributed by atoms with Gasteiger partial charge in [-0.1, -0.05) is 29.8 Å². The fraction of sp³-hybridized carbons (Fsp3) is 0.312. The zero-order valence-corrected chi connectivity index (χ0v) is 13.4. The van der Waals surface area contributed by atoms with Gasteiger partial charge in [0.05, 0.1) is 5.69 Å². The van der Waals surface area contributed by atoms with Crippen LogP contribution in [-0.4, -0.2) is 16.7 Å². The first-order chi connectivity index (χ1) is 10.6. The van der Waals surface area contributed by atoms with Crippen LogP contribution in [0.5, 0.6) is 0 Å². The van der Waals surface area contributed by atoms with Crippen molar-refractivity contribution in [3.8, 4) is 11.3 Å². The molecule has 0 atom stereocenters. The number of hydrogen-bond donors (Lipinski definition) is 1. The second-order valence-corrected chi connectivity index (χ2v) is 6.59. The molecule has 1 N–H and O–H groups in total. The maximum Gasteiger partial charge on any atom is 0.229 e. The highest BCUT2D eigenvalue weighted by Gasteiger charge is 2.25. The van der Waals surface area contributed by atoms with Crippen molar-refractivity contribution in [2.24, 2.45) is 5.92 Å². The van der Waals surface area contributed by atoms with E-state index in [1.165, 1.54) is 11.3 Å². The Morgan fingerprint density at radius 2 is 2.00 bits per heavy atom. The van der Waals surface area contributed by atoms with Gasteiger partial charge in [-0.15, -0.1) is 11.3 Å². The van der Waals surface area contributed by atoms with Crippen LogP contribution in [-0.2, 0) is 9.59 Å². The highest BCUT2D eigenvalue weighted by Crippen LogP contribution is 2.31. The highest BCUT2D eigenvalue weighted by molar-refractivity contribution is 7.14. The van der Waals surface area contributed by atoms with Crippen molar-refractivity contribution < 1.29 is 9.59 Å². The number of carbonyl (C=O) groups is 2. The van der Waals surface area contributed by atoms with Crippen molar-refractivity contribution in [1.29, 1.82) is 0 Å². The number of nitrogens with zero attached hydrogens (tertiary/aromatic N) is 1. The SMILES string of the molecule is O=C1CCC(C(=O)Nc2nc(-c3ccccc3Cl)cs2)CC1. The van der Waals surface area contributed by atoms with E-state index in [0.29, 0.717) is 35.8 Å². The van der Waals surface area contributed by atoms with Gasteiger partial charge >= 0.3 is 0 Å². The topological polar surface area (TPSA) is 59.1 Å². The molecule has 0 radical (unpaired) electrons. The van der Waals surface area contributed by atoms with Gasteiger partial charge in [0.15, 0.2) is 5.13 Å². The van der Waals surface area contributed by atoms with Gasteiger partial charge in [-0.3, -0.25) is 9.59 Å². The Hall–Kier alpha value is -1.72. The summed E-state index contributed by atoms with van der Waals surface area (Å²) in [6, 6.07) is 7.48. The summed E-state index contributed by atoms with van der Waals surface area (Å²) in [4.78, 5) is 27.9. The summed E-state index contributed by atoms with van der Waals surface area (Å²) in [6.07, 6.45) is 2.27. The van der Waals surface area contributed by atoms with Crippen molar-refractivity contribution in [2.75, 3.05) is 5.32 Å². The first kappa shape index (κ1) is 15.2. The minimum absolute atomic E-state index is 0.0486. The van der Waals surface area contributed by atoms with Gasteiger partial charge in [-0.25, -0.2) is 4.98 Å². The Bertz CT molecular complexity index is 704. The minimum Gasteiger partial charge on any atom is -0.302 e. The Morgan fingerprint density at radius 3 is 2.73 bits per heavy atom. The number of Topliss-reactive ketones (excluding diaryl/α,β-unsaturated/α-hetero) is 1. The summed E-state index contributed by atoms with van der Waals surface area (Å²) in [7, 11) is 0. The van der Waals surface area contributed by atoms with Crippen LogP contribution in [0.2, 0.25) is 5.02 Å². The molecule has 0 bridgehead atoms. The molecule has 1 aliphatic carbocycles. The second-order valence-electron chi connectivity index (χ2n) is 5.32. The van der Waals surface area contributed by atoms with Crippen LogP contribution >= 0.6 is 22.9 Å². The number of ketones is 1. The molecule has 6 heteroatoms. The molecular formula is C16H15ClN2O2S. The number of thiazole rings is 1. The molecule has 0 spiro atoms. The van der Waals surface area contributed by atoms with Gasteiger partial charge < -0.3 is 5.32 Å². The van der Waals surface area contributed by atoms with Crippen LogP contribution in [0, 0.1) is 5.92 Å². The quantitative estimate of drug-likeness (QED) is 0.916. The van der Waals surface area contributed by atoms with Crippen LogP contribution in [0.25, 0.3) is 11.3 Å². The summed E-state index contributed by atoms with van der Waals surface area (Å²) < 4.78 is 0. The number of aromatic nitrogens is 1. The molecule has 1 aromatic heterocycles. The van der Waals surface area contributed by atoms with Gasteiger partial charge in [-0.2, -0.15) is 0 Å². The number of benzene rings is 1. The molecule has 3 rings (SSSR count). The molecule has 2 aromatic rings. The summed E-state index contributed by atoms with van der Waals surface area (Å²) in [6.45, 7) is 0. The van der Waals surface area contributed by atoms with Crippen LogP contribution in [0.4, 0.5) is 5.13 Å². The average Bonchev–Trinajstić information content (AvgIpc) is 2.96. The van der Waals surface area contributed by atoms with E-state index in [1.807, 2.05) is 29.6 Å². The standard InChI is InChI=1S/C16H15ClN2O2S/c17-13-4-2-1-3-12(13)14-9-22-16(18-14)19-15(21)10-5-7-11(20)8-6-10/h1-4,9-10H,5-8H2,(H,18,19,21). The number of hydrogen-bond acceptors (Lipinski definition) is 4.